The number of aryl methyl sites for hydroxylation is 1. The summed E-state index contributed by atoms with van der Waals surface area (Å²) < 4.78 is 13.3. The molecular weight excluding hydrogens is 201 g/mol. The maximum atomic E-state index is 13.3. The lowest BCUT2D eigenvalue weighted by molar-refractivity contribution is 0.578. The fraction of sp³-hybridized carbons (Fsp3) is 0.455. The first-order valence-electron chi connectivity index (χ1n) is 4.64. The molecule has 1 rings (SSSR count). The van der Waals surface area contributed by atoms with Crippen molar-refractivity contribution in [2.24, 2.45) is 5.73 Å². The molecule has 0 fully saturated rings. The van der Waals surface area contributed by atoms with E-state index in [-0.39, 0.29) is 24.3 Å². The molecule has 3 heteroatoms. The van der Waals surface area contributed by atoms with Crippen LogP contribution in [-0.2, 0) is 6.42 Å². The molecule has 0 heterocycles. The van der Waals surface area contributed by atoms with E-state index in [1.165, 1.54) is 0 Å². The normalized spacial score (nSPS) is 12.0. The Morgan fingerprint density at radius 1 is 1.43 bits per heavy atom. The number of hydrogen-bond acceptors (Lipinski definition) is 1. The summed E-state index contributed by atoms with van der Waals surface area (Å²) in [7, 11) is 0. The molecule has 0 saturated carbocycles. The van der Waals surface area contributed by atoms with Crippen molar-refractivity contribution in [2.75, 3.05) is 0 Å². The highest BCUT2D eigenvalue weighted by Crippen LogP contribution is 2.12. The van der Waals surface area contributed by atoms with Gasteiger partial charge in [0.05, 0.1) is 0 Å². The van der Waals surface area contributed by atoms with Gasteiger partial charge in [0.2, 0.25) is 0 Å². The van der Waals surface area contributed by atoms with Crippen LogP contribution in [0.3, 0.4) is 0 Å². The lowest BCUT2D eigenvalue weighted by atomic mass is 10.0. The van der Waals surface area contributed by atoms with E-state index in [9.17, 15) is 4.39 Å². The van der Waals surface area contributed by atoms with Gasteiger partial charge in [-0.15, -0.1) is 12.4 Å². The minimum atomic E-state index is -0.135. The van der Waals surface area contributed by atoms with Crippen LogP contribution in [0, 0.1) is 12.7 Å². The van der Waals surface area contributed by atoms with Crippen LogP contribution in [-0.4, -0.2) is 6.04 Å². The number of benzene rings is 1. The molecule has 0 aliphatic carbocycles. The van der Waals surface area contributed by atoms with Crippen molar-refractivity contribution in [1.82, 2.24) is 0 Å². The van der Waals surface area contributed by atoms with Gasteiger partial charge in [0.1, 0.15) is 5.82 Å². The molecule has 0 radical (unpaired) electrons. The molecule has 0 amide bonds. The molecule has 1 atom stereocenters. The van der Waals surface area contributed by atoms with Gasteiger partial charge >= 0.3 is 0 Å². The van der Waals surface area contributed by atoms with Gasteiger partial charge in [0, 0.05) is 6.04 Å². The van der Waals surface area contributed by atoms with Crippen LogP contribution in [0.2, 0.25) is 0 Å². The Morgan fingerprint density at radius 2 is 2.07 bits per heavy atom. The molecular formula is C11H17ClFN. The molecule has 0 aliphatic heterocycles. The SMILES string of the molecule is CCC(N)Cc1ccc(C)cc1F.Cl. The van der Waals surface area contributed by atoms with Gasteiger partial charge in [-0.3, -0.25) is 0 Å². The number of nitrogens with two attached hydrogens (primary N) is 1. The van der Waals surface area contributed by atoms with E-state index >= 15 is 0 Å². The zero-order valence-corrected chi connectivity index (χ0v) is 9.40. The molecule has 0 bridgehead atoms. The Hall–Kier alpha value is -0.600. The highest BCUT2D eigenvalue weighted by Gasteiger charge is 2.06. The maximum absolute atomic E-state index is 13.3. The summed E-state index contributed by atoms with van der Waals surface area (Å²) in [6.07, 6.45) is 1.51. The highest BCUT2D eigenvalue weighted by molar-refractivity contribution is 5.85. The summed E-state index contributed by atoms with van der Waals surface area (Å²) in [5, 5.41) is 0. The molecule has 1 aromatic carbocycles. The van der Waals surface area contributed by atoms with Gasteiger partial charge < -0.3 is 5.73 Å². The molecule has 0 saturated heterocycles. The first kappa shape index (κ1) is 13.4. The second-order valence-electron chi connectivity index (χ2n) is 3.47. The number of halogens is 2. The predicted molar refractivity (Wildman–Crippen MR) is 60.4 cm³/mol. The van der Waals surface area contributed by atoms with Crippen LogP contribution in [0.4, 0.5) is 4.39 Å². The van der Waals surface area contributed by atoms with E-state index in [0.717, 1.165) is 17.5 Å². The van der Waals surface area contributed by atoms with Gasteiger partial charge in [0.15, 0.2) is 0 Å². The van der Waals surface area contributed by atoms with Crippen LogP contribution in [0.5, 0.6) is 0 Å². The molecule has 2 N–H and O–H groups in total. The first-order chi connectivity index (χ1) is 6.13. The summed E-state index contributed by atoms with van der Waals surface area (Å²) >= 11 is 0. The molecule has 80 valence electrons. The number of rotatable bonds is 3. The zero-order valence-electron chi connectivity index (χ0n) is 8.59. The maximum Gasteiger partial charge on any atom is 0.126 e. The van der Waals surface area contributed by atoms with Gasteiger partial charge in [-0.1, -0.05) is 19.1 Å². The molecule has 1 unspecified atom stereocenters. The fourth-order valence-corrected chi connectivity index (χ4v) is 1.24. The molecule has 0 spiro atoms. The van der Waals surface area contributed by atoms with Crippen molar-refractivity contribution in [2.45, 2.75) is 32.7 Å². The summed E-state index contributed by atoms with van der Waals surface area (Å²) in [6, 6.07) is 5.36. The average molecular weight is 218 g/mol. The Labute approximate surface area is 90.9 Å². The van der Waals surface area contributed by atoms with E-state index in [0.29, 0.717) is 6.42 Å². The molecule has 0 aromatic heterocycles. The van der Waals surface area contributed by atoms with Crippen molar-refractivity contribution in [3.05, 3.63) is 35.1 Å². The second-order valence-corrected chi connectivity index (χ2v) is 3.47. The summed E-state index contributed by atoms with van der Waals surface area (Å²) in [6.45, 7) is 3.89. The summed E-state index contributed by atoms with van der Waals surface area (Å²) in [5.41, 5.74) is 7.42. The van der Waals surface area contributed by atoms with Crippen molar-refractivity contribution in [3.8, 4) is 0 Å². The van der Waals surface area contributed by atoms with Gasteiger partial charge in [-0.25, -0.2) is 4.39 Å². The standard InChI is InChI=1S/C11H16FN.ClH/c1-3-10(13)7-9-5-4-8(2)6-11(9)12;/h4-6,10H,3,7,13H2,1-2H3;1H. The van der Waals surface area contributed by atoms with Gasteiger partial charge in [-0.05, 0) is 37.0 Å². The minimum absolute atomic E-state index is 0. The largest absolute Gasteiger partial charge is 0.327 e. The highest BCUT2D eigenvalue weighted by atomic mass is 35.5. The second kappa shape index (κ2) is 5.99. The smallest absolute Gasteiger partial charge is 0.126 e. The topological polar surface area (TPSA) is 26.0 Å². The van der Waals surface area contributed by atoms with Crippen LogP contribution in [0.15, 0.2) is 18.2 Å². The monoisotopic (exact) mass is 217 g/mol. The van der Waals surface area contributed by atoms with Crippen molar-refractivity contribution < 1.29 is 4.39 Å². The van der Waals surface area contributed by atoms with Gasteiger partial charge in [-0.2, -0.15) is 0 Å². The van der Waals surface area contributed by atoms with E-state index in [1.54, 1.807) is 6.07 Å². The Bertz CT molecular complexity index is 289. The lowest BCUT2D eigenvalue weighted by Crippen LogP contribution is -2.21. The van der Waals surface area contributed by atoms with Gasteiger partial charge in [0.25, 0.3) is 0 Å². The molecule has 0 aliphatic rings. The fourth-order valence-electron chi connectivity index (χ4n) is 1.24. The molecule has 14 heavy (non-hydrogen) atoms. The van der Waals surface area contributed by atoms with Crippen molar-refractivity contribution >= 4 is 12.4 Å². The third-order valence-corrected chi connectivity index (χ3v) is 2.22. The van der Waals surface area contributed by atoms with Crippen LogP contribution in [0.25, 0.3) is 0 Å². The zero-order chi connectivity index (χ0) is 9.84. The quantitative estimate of drug-likeness (QED) is 0.828. The summed E-state index contributed by atoms with van der Waals surface area (Å²) in [4.78, 5) is 0. The van der Waals surface area contributed by atoms with Crippen LogP contribution < -0.4 is 5.73 Å². The lowest BCUT2D eigenvalue weighted by Gasteiger charge is -2.09. The van der Waals surface area contributed by atoms with E-state index in [1.807, 2.05) is 26.0 Å². The third-order valence-electron chi connectivity index (χ3n) is 2.22. The van der Waals surface area contributed by atoms with Crippen LogP contribution in [0.1, 0.15) is 24.5 Å². The summed E-state index contributed by atoms with van der Waals surface area (Å²) in [5.74, 6) is -0.135. The third kappa shape index (κ3) is 3.64. The van der Waals surface area contributed by atoms with Crippen LogP contribution >= 0.6 is 12.4 Å². The van der Waals surface area contributed by atoms with E-state index in [2.05, 4.69) is 0 Å². The Kier molecular flexibility index (Phi) is 5.73. The molecule has 1 nitrogen and oxygen atoms in total. The average Bonchev–Trinajstić information content (AvgIpc) is 2.09. The first-order valence-corrected chi connectivity index (χ1v) is 4.64. The van der Waals surface area contributed by atoms with Crippen molar-refractivity contribution in [1.29, 1.82) is 0 Å². The van der Waals surface area contributed by atoms with Crippen molar-refractivity contribution in [3.63, 3.8) is 0 Å². The Balaban J connectivity index is 0.00000169. The predicted octanol–water partition coefficient (Wildman–Crippen LogP) is 2.84. The minimum Gasteiger partial charge on any atom is -0.327 e. The Morgan fingerprint density at radius 3 is 2.57 bits per heavy atom. The van der Waals surface area contributed by atoms with E-state index < -0.39 is 0 Å². The molecule has 1 aromatic rings. The van der Waals surface area contributed by atoms with E-state index in [4.69, 9.17) is 5.73 Å². The number of hydrogen-bond donors (Lipinski definition) is 1.